The van der Waals surface area contributed by atoms with Gasteiger partial charge in [-0.25, -0.2) is 0 Å². The first-order chi connectivity index (χ1) is 9.43. The number of carbonyl (C=O) groups is 1. The van der Waals surface area contributed by atoms with E-state index in [2.05, 4.69) is 52.1 Å². The molecule has 1 amide bonds. The van der Waals surface area contributed by atoms with Gasteiger partial charge in [0.2, 0.25) is 5.91 Å². The summed E-state index contributed by atoms with van der Waals surface area (Å²) < 4.78 is 0. The summed E-state index contributed by atoms with van der Waals surface area (Å²) in [6.45, 7) is 11.9. The van der Waals surface area contributed by atoms with Crippen LogP contribution in [0.4, 0.5) is 0 Å². The highest BCUT2D eigenvalue weighted by Gasteiger charge is 2.18. The van der Waals surface area contributed by atoms with E-state index in [4.69, 9.17) is 0 Å². The van der Waals surface area contributed by atoms with E-state index < -0.39 is 0 Å². The Labute approximate surface area is 124 Å². The van der Waals surface area contributed by atoms with Crippen LogP contribution >= 0.6 is 0 Å². The lowest BCUT2D eigenvalue weighted by Crippen LogP contribution is -2.33. The molecule has 0 saturated carbocycles. The van der Waals surface area contributed by atoms with Gasteiger partial charge in [0.05, 0.1) is 6.42 Å². The fourth-order valence-electron chi connectivity index (χ4n) is 2.35. The van der Waals surface area contributed by atoms with Crippen LogP contribution in [0.15, 0.2) is 24.3 Å². The zero-order chi connectivity index (χ0) is 15.1. The first-order valence-corrected chi connectivity index (χ1v) is 7.76. The van der Waals surface area contributed by atoms with Gasteiger partial charge in [-0.15, -0.1) is 0 Å². The highest BCUT2D eigenvalue weighted by Crippen LogP contribution is 2.22. The molecule has 0 spiro atoms. The van der Waals surface area contributed by atoms with Crippen molar-refractivity contribution in [2.75, 3.05) is 6.54 Å². The van der Waals surface area contributed by atoms with Crippen LogP contribution in [-0.4, -0.2) is 12.5 Å². The van der Waals surface area contributed by atoms with E-state index in [1.54, 1.807) is 0 Å². The van der Waals surface area contributed by atoms with Crippen molar-refractivity contribution in [2.24, 2.45) is 17.8 Å². The van der Waals surface area contributed by atoms with Crippen molar-refractivity contribution in [1.29, 1.82) is 0 Å². The summed E-state index contributed by atoms with van der Waals surface area (Å²) in [7, 11) is 0. The summed E-state index contributed by atoms with van der Waals surface area (Å²) in [5, 5.41) is 3.07. The number of carbonyl (C=O) groups excluding carboxylic acids is 1. The lowest BCUT2D eigenvalue weighted by molar-refractivity contribution is -0.120. The molecule has 1 aromatic rings. The normalized spacial score (nSPS) is 15.4. The molecule has 3 atom stereocenters. The van der Waals surface area contributed by atoms with Crippen LogP contribution in [0.25, 0.3) is 0 Å². The van der Waals surface area contributed by atoms with Gasteiger partial charge in [0.15, 0.2) is 0 Å². The van der Waals surface area contributed by atoms with Crippen molar-refractivity contribution in [3.05, 3.63) is 35.4 Å². The second kappa shape index (κ2) is 8.08. The van der Waals surface area contributed by atoms with E-state index in [9.17, 15) is 4.79 Å². The minimum Gasteiger partial charge on any atom is -0.356 e. The Morgan fingerprint density at radius 2 is 1.70 bits per heavy atom. The van der Waals surface area contributed by atoms with Crippen molar-refractivity contribution in [3.8, 4) is 0 Å². The van der Waals surface area contributed by atoms with Crippen LogP contribution < -0.4 is 5.32 Å². The molecule has 1 rings (SSSR count). The zero-order valence-electron chi connectivity index (χ0n) is 13.6. The van der Waals surface area contributed by atoms with Crippen LogP contribution in [0.2, 0.25) is 0 Å². The summed E-state index contributed by atoms with van der Waals surface area (Å²) in [6, 6.07) is 8.16. The van der Waals surface area contributed by atoms with Gasteiger partial charge in [0.1, 0.15) is 0 Å². The molecule has 0 saturated heterocycles. The van der Waals surface area contributed by atoms with E-state index >= 15 is 0 Å². The van der Waals surface area contributed by atoms with Crippen LogP contribution in [0, 0.1) is 24.7 Å². The third kappa shape index (κ3) is 5.36. The van der Waals surface area contributed by atoms with Crippen LogP contribution in [0.3, 0.4) is 0 Å². The minimum absolute atomic E-state index is 0.122. The molecule has 1 aromatic carbocycles. The van der Waals surface area contributed by atoms with Crippen LogP contribution in [0.5, 0.6) is 0 Å². The lowest BCUT2D eigenvalue weighted by atomic mass is 9.83. The first kappa shape index (κ1) is 16.7. The second-order valence-electron chi connectivity index (χ2n) is 6.19. The topological polar surface area (TPSA) is 29.1 Å². The molecule has 112 valence electrons. The number of aryl methyl sites for hydroxylation is 1. The molecular weight excluding hydrogens is 246 g/mol. The quantitative estimate of drug-likeness (QED) is 0.801. The molecule has 20 heavy (non-hydrogen) atoms. The minimum atomic E-state index is 0.122. The molecule has 1 N–H and O–H groups in total. The van der Waals surface area contributed by atoms with E-state index in [1.807, 2.05) is 12.1 Å². The fourth-order valence-corrected chi connectivity index (χ4v) is 2.35. The second-order valence-corrected chi connectivity index (χ2v) is 6.19. The molecule has 0 unspecified atom stereocenters. The monoisotopic (exact) mass is 275 g/mol. The maximum absolute atomic E-state index is 12.0. The lowest BCUT2D eigenvalue weighted by Gasteiger charge is -2.25. The van der Waals surface area contributed by atoms with Gasteiger partial charge in [0.25, 0.3) is 0 Å². The van der Waals surface area contributed by atoms with Gasteiger partial charge < -0.3 is 5.32 Å². The molecule has 0 heterocycles. The van der Waals surface area contributed by atoms with Crippen molar-refractivity contribution in [2.45, 2.75) is 47.5 Å². The summed E-state index contributed by atoms with van der Waals surface area (Å²) >= 11 is 0. The smallest absolute Gasteiger partial charge is 0.224 e. The first-order valence-electron chi connectivity index (χ1n) is 7.76. The number of hydrogen-bond acceptors (Lipinski definition) is 1. The highest BCUT2D eigenvalue weighted by molar-refractivity contribution is 5.78. The molecule has 0 bridgehead atoms. The number of amides is 1. The third-order valence-electron chi connectivity index (χ3n) is 4.55. The average Bonchev–Trinajstić information content (AvgIpc) is 2.45. The molecule has 0 aliphatic heterocycles. The number of rotatable bonds is 7. The van der Waals surface area contributed by atoms with Gasteiger partial charge in [-0.05, 0) is 30.2 Å². The molecule has 2 nitrogen and oxygen atoms in total. The molecule has 0 aliphatic carbocycles. The molecule has 0 aliphatic rings. The summed E-state index contributed by atoms with van der Waals surface area (Å²) in [4.78, 5) is 12.0. The van der Waals surface area contributed by atoms with Crippen molar-refractivity contribution in [3.63, 3.8) is 0 Å². The predicted octanol–water partition coefficient (Wildman–Crippen LogP) is 3.97. The maximum atomic E-state index is 12.0. The predicted molar refractivity (Wildman–Crippen MR) is 85.7 cm³/mol. The Hall–Kier alpha value is -1.31. The maximum Gasteiger partial charge on any atom is 0.224 e. The Balaban J connectivity index is 2.38. The van der Waals surface area contributed by atoms with E-state index in [1.165, 1.54) is 12.0 Å². The Morgan fingerprint density at radius 1 is 1.10 bits per heavy atom. The number of hydrogen-bond donors (Lipinski definition) is 1. The summed E-state index contributed by atoms with van der Waals surface area (Å²) in [5.74, 6) is 1.99. The third-order valence-corrected chi connectivity index (χ3v) is 4.55. The van der Waals surface area contributed by atoms with E-state index in [0.29, 0.717) is 24.2 Å². The number of nitrogens with one attached hydrogen (secondary N) is 1. The standard InChI is InChI=1S/C18H29NO/c1-6-14(3)16(5)15(4)12-19-18(20)11-17-9-7-13(2)8-10-17/h7-10,14-16H,6,11-12H2,1-5H3,(H,19,20)/t14-,15+,16-/m0/s1. The van der Waals surface area contributed by atoms with Crippen LogP contribution in [-0.2, 0) is 11.2 Å². The molecular formula is C18H29NO. The SMILES string of the molecule is CC[C@H](C)[C@H](C)[C@H](C)CNC(=O)Cc1ccc(C)cc1. The zero-order valence-corrected chi connectivity index (χ0v) is 13.6. The Bertz CT molecular complexity index is 410. The molecule has 0 radical (unpaired) electrons. The Kier molecular flexibility index (Phi) is 6.77. The molecule has 0 aromatic heterocycles. The fraction of sp³-hybridized carbons (Fsp3) is 0.611. The van der Waals surface area contributed by atoms with Gasteiger partial charge >= 0.3 is 0 Å². The Morgan fingerprint density at radius 3 is 2.25 bits per heavy atom. The van der Waals surface area contributed by atoms with Gasteiger partial charge in [-0.2, -0.15) is 0 Å². The van der Waals surface area contributed by atoms with E-state index in [0.717, 1.165) is 12.1 Å². The molecule has 0 fully saturated rings. The van der Waals surface area contributed by atoms with E-state index in [-0.39, 0.29) is 5.91 Å². The average molecular weight is 275 g/mol. The van der Waals surface area contributed by atoms with Gasteiger partial charge in [0, 0.05) is 6.54 Å². The number of benzene rings is 1. The van der Waals surface area contributed by atoms with Gasteiger partial charge in [-0.1, -0.05) is 63.9 Å². The summed E-state index contributed by atoms with van der Waals surface area (Å²) in [6.07, 6.45) is 1.67. The van der Waals surface area contributed by atoms with Gasteiger partial charge in [-0.3, -0.25) is 4.79 Å². The summed E-state index contributed by atoms with van der Waals surface area (Å²) in [5.41, 5.74) is 2.31. The van der Waals surface area contributed by atoms with Crippen molar-refractivity contribution in [1.82, 2.24) is 5.32 Å². The largest absolute Gasteiger partial charge is 0.356 e. The molecule has 2 heteroatoms. The van der Waals surface area contributed by atoms with Crippen molar-refractivity contribution >= 4 is 5.91 Å². The highest BCUT2D eigenvalue weighted by atomic mass is 16.1. The van der Waals surface area contributed by atoms with Crippen LogP contribution in [0.1, 0.15) is 45.2 Å². The van der Waals surface area contributed by atoms with Crippen molar-refractivity contribution < 1.29 is 4.79 Å².